The molecule has 0 aliphatic carbocycles. The molecule has 184 valence electrons. The van der Waals surface area contributed by atoms with Gasteiger partial charge in [0.25, 0.3) is 0 Å². The van der Waals surface area contributed by atoms with Gasteiger partial charge in [-0.05, 0) is 49.9 Å². The molecule has 0 spiro atoms. The van der Waals surface area contributed by atoms with Crippen LogP contribution in [0.3, 0.4) is 0 Å². The van der Waals surface area contributed by atoms with Crippen LogP contribution in [0.15, 0.2) is 110 Å². The molecule has 0 aromatic heterocycles. The Morgan fingerprint density at radius 3 is 2.14 bits per heavy atom. The van der Waals surface area contributed by atoms with Crippen molar-refractivity contribution in [3.05, 3.63) is 121 Å². The van der Waals surface area contributed by atoms with Crippen LogP contribution in [0.1, 0.15) is 30.1 Å². The molecule has 5 atom stereocenters. The molecule has 2 bridgehead atoms. The molecule has 0 amide bonds. The number of fused-ring (bicyclic) bond motifs is 6. The molecule has 5 aromatic carbocycles. The molecule has 0 saturated carbocycles. The summed E-state index contributed by atoms with van der Waals surface area (Å²) in [6.07, 6.45) is 3.95. The Morgan fingerprint density at radius 1 is 0.811 bits per heavy atom. The van der Waals surface area contributed by atoms with E-state index in [2.05, 4.69) is 110 Å². The molecule has 3 aliphatic rings. The maximum atomic E-state index is 12.2. The van der Waals surface area contributed by atoms with Crippen molar-refractivity contribution in [3.8, 4) is 0 Å². The predicted octanol–water partition coefficient (Wildman–Crippen LogP) is 7.79. The number of nitrogens with zero attached hydrogens (tertiary/aromatic N) is 1. The number of rotatable bonds is 5. The molecule has 3 heterocycles. The highest BCUT2D eigenvalue weighted by atomic mass is 16.3. The Bertz CT molecular complexity index is 1580. The second-order valence-electron chi connectivity index (χ2n) is 11.3. The third kappa shape index (κ3) is 3.62. The van der Waals surface area contributed by atoms with Gasteiger partial charge < -0.3 is 9.59 Å². The van der Waals surface area contributed by atoms with Crippen molar-refractivity contribution >= 4 is 32.3 Å². The maximum absolute atomic E-state index is 12.2. The van der Waals surface area contributed by atoms with Gasteiger partial charge in [-0.3, -0.25) is 0 Å². The summed E-state index contributed by atoms with van der Waals surface area (Å²) >= 11 is 0. The van der Waals surface area contributed by atoms with E-state index in [0.717, 1.165) is 36.1 Å². The number of piperidine rings is 3. The summed E-state index contributed by atoms with van der Waals surface area (Å²) in [7, 11) is 0. The highest BCUT2D eigenvalue weighted by Gasteiger charge is 2.54. The maximum Gasteiger partial charge on any atom is 0.131 e. The highest BCUT2D eigenvalue weighted by Crippen LogP contribution is 2.49. The van der Waals surface area contributed by atoms with Crippen LogP contribution in [0.25, 0.3) is 32.3 Å². The number of hydrogen-bond donors (Lipinski definition) is 1. The fraction of sp³-hybridized carbons (Fsp3) is 0.257. The van der Waals surface area contributed by atoms with Gasteiger partial charge in [-0.1, -0.05) is 97.1 Å². The topological polar surface area (TPSA) is 20.2 Å². The predicted molar refractivity (Wildman–Crippen MR) is 154 cm³/mol. The van der Waals surface area contributed by atoms with E-state index in [1.807, 2.05) is 0 Å². The fourth-order valence-corrected chi connectivity index (χ4v) is 7.69. The van der Waals surface area contributed by atoms with Crippen LogP contribution >= 0.6 is 0 Å². The lowest BCUT2D eigenvalue weighted by molar-refractivity contribution is -0.984. The van der Waals surface area contributed by atoms with Gasteiger partial charge in [0.1, 0.15) is 18.7 Å². The van der Waals surface area contributed by atoms with E-state index >= 15 is 0 Å². The molecule has 2 nitrogen and oxygen atoms in total. The zero-order chi connectivity index (χ0) is 25.0. The fourth-order valence-electron chi connectivity index (χ4n) is 7.69. The Kier molecular flexibility index (Phi) is 5.42. The molecule has 1 N–H and O–H groups in total. The molecule has 3 aliphatic heterocycles. The van der Waals surface area contributed by atoms with Crippen LogP contribution in [0.4, 0.5) is 0 Å². The summed E-state index contributed by atoms with van der Waals surface area (Å²) in [5.41, 5.74) is 2.50. The van der Waals surface area contributed by atoms with Crippen molar-refractivity contribution < 1.29 is 9.59 Å². The normalized spacial score (nSPS) is 26.0. The lowest BCUT2D eigenvalue weighted by Crippen LogP contribution is -2.67. The third-order valence-corrected chi connectivity index (χ3v) is 9.54. The molecule has 0 radical (unpaired) electrons. The molecule has 8 rings (SSSR count). The zero-order valence-electron chi connectivity index (χ0n) is 21.3. The molecule has 37 heavy (non-hydrogen) atoms. The second-order valence-corrected chi connectivity index (χ2v) is 11.3. The minimum absolute atomic E-state index is 0.165. The van der Waals surface area contributed by atoms with E-state index in [0.29, 0.717) is 11.8 Å². The first-order chi connectivity index (χ1) is 18.2. The first-order valence-electron chi connectivity index (χ1n) is 13.7. The summed E-state index contributed by atoms with van der Waals surface area (Å²) in [5.74, 6) is 1.11. The molecule has 1 unspecified atom stereocenters. The van der Waals surface area contributed by atoms with Crippen molar-refractivity contribution in [2.45, 2.75) is 31.5 Å². The smallest absolute Gasteiger partial charge is 0.131 e. The molecule has 3 fully saturated rings. The van der Waals surface area contributed by atoms with Gasteiger partial charge in [0.2, 0.25) is 0 Å². The average molecular weight is 485 g/mol. The summed E-state index contributed by atoms with van der Waals surface area (Å²) in [6.45, 7) is 7.34. The number of hydrogen-bond acceptors (Lipinski definition) is 1. The summed E-state index contributed by atoms with van der Waals surface area (Å²) in [5, 5.41) is 19.8. The van der Waals surface area contributed by atoms with Crippen molar-refractivity contribution in [1.82, 2.24) is 0 Å². The Balaban J connectivity index is 1.39. The molecule has 5 aromatic rings. The number of aliphatic hydroxyl groups is 1. The zero-order valence-corrected chi connectivity index (χ0v) is 21.3. The highest BCUT2D eigenvalue weighted by molar-refractivity contribution is 6.02. The van der Waals surface area contributed by atoms with Gasteiger partial charge in [-0.25, -0.2) is 0 Å². The van der Waals surface area contributed by atoms with Gasteiger partial charge in [-0.2, -0.15) is 0 Å². The Hall–Kier alpha value is -3.46. The number of quaternary nitrogens is 1. The first-order valence-corrected chi connectivity index (χ1v) is 13.7. The average Bonchev–Trinajstić information content (AvgIpc) is 2.96. The van der Waals surface area contributed by atoms with Crippen LogP contribution in [0.2, 0.25) is 0 Å². The Labute approximate surface area is 219 Å². The molecule has 3 saturated heterocycles. The van der Waals surface area contributed by atoms with E-state index in [9.17, 15) is 5.11 Å². The number of benzene rings is 5. The van der Waals surface area contributed by atoms with Crippen LogP contribution < -0.4 is 0 Å². The van der Waals surface area contributed by atoms with Gasteiger partial charge >= 0.3 is 0 Å². The van der Waals surface area contributed by atoms with Gasteiger partial charge in [0.05, 0.1) is 13.1 Å². The minimum Gasteiger partial charge on any atom is -0.382 e. The largest absolute Gasteiger partial charge is 0.382 e. The van der Waals surface area contributed by atoms with Crippen LogP contribution in [0.5, 0.6) is 0 Å². The van der Waals surface area contributed by atoms with Crippen molar-refractivity contribution in [2.75, 3.05) is 13.1 Å². The lowest BCUT2D eigenvalue weighted by Gasteiger charge is -2.58. The van der Waals surface area contributed by atoms with Crippen molar-refractivity contribution in [2.24, 2.45) is 11.8 Å². The van der Waals surface area contributed by atoms with Crippen molar-refractivity contribution in [3.63, 3.8) is 0 Å². The number of aliphatic hydroxyl groups excluding tert-OH is 1. The van der Waals surface area contributed by atoms with E-state index in [1.165, 1.54) is 44.3 Å². The molecular weight excluding hydrogens is 450 g/mol. The summed E-state index contributed by atoms with van der Waals surface area (Å²) < 4.78 is 0.926. The molecular formula is C35H34NO+. The Morgan fingerprint density at radius 2 is 1.43 bits per heavy atom. The summed E-state index contributed by atoms with van der Waals surface area (Å²) in [4.78, 5) is 0. The van der Waals surface area contributed by atoms with Gasteiger partial charge in [0, 0.05) is 24.3 Å². The standard InChI is InChI=1S/C35H34NO/c1-2-24-22-36(23-33-30-15-7-4-11-27(30)20-28-12-5-8-16-31(28)33)19-18-26(24)21-34(36)35(37)32-17-9-13-25-10-3-6-14-29(25)32/h2-17,20,24,26,34-35,37H,1,18-19,21-23H2/q+1/t24-,26-,34-,35-,36?/m0/s1. The van der Waals surface area contributed by atoms with Crippen molar-refractivity contribution in [1.29, 1.82) is 0 Å². The monoisotopic (exact) mass is 484 g/mol. The van der Waals surface area contributed by atoms with Crippen LogP contribution in [0, 0.1) is 11.8 Å². The van der Waals surface area contributed by atoms with E-state index in [1.54, 1.807) is 0 Å². The lowest BCUT2D eigenvalue weighted by atomic mass is 9.70. The van der Waals surface area contributed by atoms with Gasteiger partial charge in [0.15, 0.2) is 0 Å². The molecule has 2 heteroatoms. The quantitative estimate of drug-likeness (QED) is 0.153. The van der Waals surface area contributed by atoms with Crippen LogP contribution in [-0.2, 0) is 6.54 Å². The van der Waals surface area contributed by atoms with Gasteiger partial charge in [-0.15, -0.1) is 6.58 Å². The van der Waals surface area contributed by atoms with E-state index < -0.39 is 6.10 Å². The van der Waals surface area contributed by atoms with E-state index in [-0.39, 0.29) is 6.04 Å². The minimum atomic E-state index is -0.499. The van der Waals surface area contributed by atoms with Crippen LogP contribution in [-0.4, -0.2) is 28.7 Å². The SMILES string of the molecule is C=C[C@H]1C[N+]2(Cc3c4ccccc4cc4ccccc34)CC[C@H]1C[C@H]2[C@@H](O)c1cccc2ccccc12. The first kappa shape index (κ1) is 22.7. The third-order valence-electron chi connectivity index (χ3n) is 9.54. The summed E-state index contributed by atoms with van der Waals surface area (Å²) in [6, 6.07) is 35.0. The second kappa shape index (κ2) is 8.83. The van der Waals surface area contributed by atoms with E-state index in [4.69, 9.17) is 0 Å².